The standard InChI is InChI=1S/C14H26N2O2.ClH/c1-14(6-2-7-14)13(17)16-9-4-12(5-10-16)18-11-3-8-15;/h12H,2-11,15H2,1H3;1H. The predicted octanol–water partition coefficient (Wildman–Crippen LogP) is 1.95. The first-order chi connectivity index (χ1) is 8.65. The molecule has 2 N–H and O–H groups in total. The van der Waals surface area contributed by atoms with Crippen molar-refractivity contribution >= 4 is 18.3 Å². The van der Waals surface area contributed by atoms with Crippen LogP contribution in [0.2, 0.25) is 0 Å². The van der Waals surface area contributed by atoms with Crippen LogP contribution in [0.15, 0.2) is 0 Å². The van der Waals surface area contributed by atoms with Crippen molar-refractivity contribution in [3.63, 3.8) is 0 Å². The minimum absolute atomic E-state index is 0. The normalized spacial score (nSPS) is 22.5. The molecule has 0 spiro atoms. The molecule has 0 aromatic carbocycles. The molecule has 2 aliphatic rings. The molecule has 1 aliphatic heterocycles. The van der Waals surface area contributed by atoms with Crippen molar-refractivity contribution in [2.75, 3.05) is 26.2 Å². The number of amides is 1. The second-order valence-corrected chi connectivity index (χ2v) is 5.92. The van der Waals surface area contributed by atoms with E-state index in [1.807, 2.05) is 4.90 Å². The summed E-state index contributed by atoms with van der Waals surface area (Å²) in [4.78, 5) is 14.4. The fraction of sp³-hybridized carbons (Fsp3) is 0.929. The summed E-state index contributed by atoms with van der Waals surface area (Å²) >= 11 is 0. The lowest BCUT2D eigenvalue weighted by atomic mass is 9.69. The van der Waals surface area contributed by atoms with E-state index in [1.165, 1.54) is 6.42 Å². The average molecular weight is 291 g/mol. The molecule has 1 amide bonds. The minimum Gasteiger partial charge on any atom is -0.378 e. The quantitative estimate of drug-likeness (QED) is 0.788. The third-order valence-electron chi connectivity index (χ3n) is 4.40. The molecule has 0 atom stereocenters. The van der Waals surface area contributed by atoms with Crippen molar-refractivity contribution in [3.05, 3.63) is 0 Å². The molecule has 2 fully saturated rings. The number of halogens is 1. The SMILES string of the molecule is CC1(C(=O)N2CCC(OCCCN)CC2)CCC1.Cl. The number of carbonyl (C=O) groups excluding carboxylic acids is 1. The van der Waals surface area contributed by atoms with Crippen LogP contribution < -0.4 is 5.73 Å². The Morgan fingerprint density at radius 1 is 1.37 bits per heavy atom. The van der Waals surface area contributed by atoms with Gasteiger partial charge in [-0.2, -0.15) is 0 Å². The largest absolute Gasteiger partial charge is 0.378 e. The molecule has 2 rings (SSSR count). The van der Waals surface area contributed by atoms with Crippen molar-refractivity contribution in [1.29, 1.82) is 0 Å². The van der Waals surface area contributed by atoms with Crippen molar-refractivity contribution < 1.29 is 9.53 Å². The van der Waals surface area contributed by atoms with E-state index in [4.69, 9.17) is 10.5 Å². The Morgan fingerprint density at radius 3 is 2.47 bits per heavy atom. The van der Waals surface area contributed by atoms with Crippen LogP contribution in [-0.2, 0) is 9.53 Å². The molecule has 4 nitrogen and oxygen atoms in total. The van der Waals surface area contributed by atoms with Crippen LogP contribution in [0, 0.1) is 5.41 Å². The molecular formula is C14H27ClN2O2. The minimum atomic E-state index is -0.0484. The Hall–Kier alpha value is -0.320. The van der Waals surface area contributed by atoms with Crippen LogP contribution in [0.5, 0.6) is 0 Å². The van der Waals surface area contributed by atoms with Gasteiger partial charge in [0, 0.05) is 25.1 Å². The Balaban J connectivity index is 0.00000180. The van der Waals surface area contributed by atoms with E-state index < -0.39 is 0 Å². The highest BCUT2D eigenvalue weighted by molar-refractivity contribution is 5.85. The molecule has 0 unspecified atom stereocenters. The van der Waals surface area contributed by atoms with E-state index in [0.29, 0.717) is 18.6 Å². The van der Waals surface area contributed by atoms with Gasteiger partial charge in [-0.15, -0.1) is 12.4 Å². The van der Waals surface area contributed by atoms with Crippen molar-refractivity contribution in [2.45, 2.75) is 51.6 Å². The highest BCUT2D eigenvalue weighted by Gasteiger charge is 2.42. The molecule has 0 aromatic rings. The first kappa shape index (κ1) is 16.7. The summed E-state index contributed by atoms with van der Waals surface area (Å²) < 4.78 is 5.76. The molecule has 0 aromatic heterocycles. The van der Waals surface area contributed by atoms with Crippen molar-refractivity contribution in [1.82, 2.24) is 4.90 Å². The van der Waals surface area contributed by atoms with Crippen molar-refractivity contribution in [3.8, 4) is 0 Å². The summed E-state index contributed by atoms with van der Waals surface area (Å²) in [5.41, 5.74) is 5.39. The van der Waals surface area contributed by atoms with Gasteiger partial charge < -0.3 is 15.4 Å². The van der Waals surface area contributed by atoms with Crippen LogP contribution >= 0.6 is 12.4 Å². The lowest BCUT2D eigenvalue weighted by Gasteiger charge is -2.43. The second-order valence-electron chi connectivity index (χ2n) is 5.92. The molecular weight excluding hydrogens is 264 g/mol. The maximum atomic E-state index is 12.3. The van der Waals surface area contributed by atoms with E-state index in [1.54, 1.807) is 0 Å². The summed E-state index contributed by atoms with van der Waals surface area (Å²) in [6.07, 6.45) is 6.56. The van der Waals surface area contributed by atoms with Gasteiger partial charge in [0.2, 0.25) is 5.91 Å². The zero-order chi connectivity index (χ0) is 13.0. The molecule has 1 heterocycles. The Kier molecular flexibility index (Phi) is 6.57. The topological polar surface area (TPSA) is 55.6 Å². The van der Waals surface area contributed by atoms with Gasteiger partial charge in [0.1, 0.15) is 0 Å². The number of ether oxygens (including phenoxy) is 1. The number of likely N-dealkylation sites (tertiary alicyclic amines) is 1. The molecule has 0 radical (unpaired) electrons. The summed E-state index contributed by atoms with van der Waals surface area (Å²) in [6, 6.07) is 0. The number of carbonyl (C=O) groups is 1. The van der Waals surface area contributed by atoms with Crippen LogP contribution in [0.1, 0.15) is 45.4 Å². The van der Waals surface area contributed by atoms with Gasteiger partial charge in [-0.05, 0) is 38.6 Å². The molecule has 0 bridgehead atoms. The number of rotatable bonds is 5. The van der Waals surface area contributed by atoms with Gasteiger partial charge in [-0.1, -0.05) is 13.3 Å². The highest BCUT2D eigenvalue weighted by atomic mass is 35.5. The van der Waals surface area contributed by atoms with Gasteiger partial charge in [0.15, 0.2) is 0 Å². The summed E-state index contributed by atoms with van der Waals surface area (Å²) in [6.45, 7) is 5.29. The second kappa shape index (κ2) is 7.46. The summed E-state index contributed by atoms with van der Waals surface area (Å²) in [5.74, 6) is 0.370. The fourth-order valence-electron chi connectivity index (χ4n) is 2.86. The average Bonchev–Trinajstić information content (AvgIpc) is 2.36. The Bertz CT molecular complexity index is 287. The van der Waals surface area contributed by atoms with Gasteiger partial charge >= 0.3 is 0 Å². The number of hydrogen-bond acceptors (Lipinski definition) is 3. The zero-order valence-corrected chi connectivity index (χ0v) is 12.7. The number of piperidine rings is 1. The van der Waals surface area contributed by atoms with E-state index in [-0.39, 0.29) is 17.8 Å². The van der Waals surface area contributed by atoms with Gasteiger partial charge in [-0.3, -0.25) is 4.79 Å². The smallest absolute Gasteiger partial charge is 0.228 e. The molecule has 1 aliphatic carbocycles. The van der Waals surface area contributed by atoms with E-state index in [2.05, 4.69) is 6.92 Å². The van der Waals surface area contributed by atoms with E-state index in [0.717, 1.165) is 51.8 Å². The maximum Gasteiger partial charge on any atom is 0.228 e. The third kappa shape index (κ3) is 4.07. The van der Waals surface area contributed by atoms with Crippen LogP contribution in [0.3, 0.4) is 0 Å². The first-order valence-electron chi connectivity index (χ1n) is 7.27. The maximum absolute atomic E-state index is 12.3. The monoisotopic (exact) mass is 290 g/mol. The molecule has 112 valence electrons. The Labute approximate surface area is 122 Å². The number of nitrogens with zero attached hydrogens (tertiary/aromatic N) is 1. The van der Waals surface area contributed by atoms with Crippen LogP contribution in [-0.4, -0.2) is 43.2 Å². The van der Waals surface area contributed by atoms with E-state index >= 15 is 0 Å². The van der Waals surface area contributed by atoms with E-state index in [9.17, 15) is 4.79 Å². The van der Waals surface area contributed by atoms with Gasteiger partial charge in [-0.25, -0.2) is 0 Å². The molecule has 1 saturated heterocycles. The summed E-state index contributed by atoms with van der Waals surface area (Å²) in [7, 11) is 0. The first-order valence-corrected chi connectivity index (χ1v) is 7.27. The lowest BCUT2D eigenvalue weighted by Crippen LogP contribution is -2.49. The molecule has 5 heteroatoms. The number of nitrogens with two attached hydrogens (primary N) is 1. The molecule has 19 heavy (non-hydrogen) atoms. The number of hydrogen-bond donors (Lipinski definition) is 1. The van der Waals surface area contributed by atoms with Crippen molar-refractivity contribution in [2.24, 2.45) is 11.1 Å². The van der Waals surface area contributed by atoms with Crippen LogP contribution in [0.4, 0.5) is 0 Å². The Morgan fingerprint density at radius 2 is 2.00 bits per heavy atom. The zero-order valence-electron chi connectivity index (χ0n) is 11.9. The van der Waals surface area contributed by atoms with Crippen LogP contribution in [0.25, 0.3) is 0 Å². The van der Waals surface area contributed by atoms with Gasteiger partial charge in [0.05, 0.1) is 6.10 Å². The predicted molar refractivity (Wildman–Crippen MR) is 78.4 cm³/mol. The molecule has 1 saturated carbocycles. The third-order valence-corrected chi connectivity index (χ3v) is 4.40. The highest BCUT2D eigenvalue weighted by Crippen LogP contribution is 2.42. The lowest BCUT2D eigenvalue weighted by molar-refractivity contribution is -0.148. The summed E-state index contributed by atoms with van der Waals surface area (Å²) in [5, 5.41) is 0. The fourth-order valence-corrected chi connectivity index (χ4v) is 2.86. The van der Waals surface area contributed by atoms with Gasteiger partial charge in [0.25, 0.3) is 0 Å².